The largest absolute Gasteiger partial charge is 0.416 e. The molecule has 1 N–H and O–H groups in total. The summed E-state index contributed by atoms with van der Waals surface area (Å²) in [6, 6.07) is 11.8. The van der Waals surface area contributed by atoms with Gasteiger partial charge in [-0.15, -0.1) is 11.8 Å². The number of hydrogen-bond donors (Lipinski definition) is 1. The Labute approximate surface area is 166 Å². The normalized spacial score (nSPS) is 17.0. The molecule has 3 rings (SSSR count). The van der Waals surface area contributed by atoms with Crippen molar-refractivity contribution in [3.8, 4) is 0 Å². The molecule has 1 fully saturated rings. The second-order valence-electron chi connectivity index (χ2n) is 6.73. The Bertz CT molecular complexity index is 779. The summed E-state index contributed by atoms with van der Waals surface area (Å²) in [5, 5.41) is 10.3. The lowest BCUT2D eigenvalue weighted by Gasteiger charge is -2.37. The average molecular weight is 414 g/mol. The topological polar surface area (TPSA) is 26.7 Å². The summed E-state index contributed by atoms with van der Waals surface area (Å²) in [6.45, 7) is 3.15. The number of β-amino-alcohol motifs (C(OH)–C–C–N with tert-alkyl or cyclic N) is 1. The lowest BCUT2D eigenvalue weighted by molar-refractivity contribution is -0.137. The molecular weight excluding hydrogens is 392 g/mol. The van der Waals surface area contributed by atoms with Gasteiger partial charge in [0.15, 0.2) is 0 Å². The van der Waals surface area contributed by atoms with Crippen molar-refractivity contribution in [3.63, 3.8) is 0 Å². The third kappa shape index (κ3) is 5.62. The Morgan fingerprint density at radius 1 is 1.00 bits per heavy atom. The fourth-order valence-electron chi connectivity index (χ4n) is 3.18. The molecule has 0 radical (unpaired) electrons. The zero-order valence-corrected chi connectivity index (χ0v) is 16.0. The molecular formula is C20H22F4N2OS. The van der Waals surface area contributed by atoms with Gasteiger partial charge >= 0.3 is 6.18 Å². The van der Waals surface area contributed by atoms with Gasteiger partial charge in [-0.3, -0.25) is 4.90 Å². The second kappa shape index (κ2) is 9.15. The Hall–Kier alpha value is -1.77. The molecule has 1 heterocycles. The molecule has 8 heteroatoms. The lowest BCUT2D eigenvalue weighted by atomic mass is 10.2. The van der Waals surface area contributed by atoms with Gasteiger partial charge in [0, 0.05) is 43.4 Å². The van der Waals surface area contributed by atoms with Gasteiger partial charge < -0.3 is 10.0 Å². The van der Waals surface area contributed by atoms with Gasteiger partial charge in [-0.25, -0.2) is 4.39 Å². The van der Waals surface area contributed by atoms with E-state index in [-0.39, 0.29) is 5.82 Å². The minimum atomic E-state index is -4.37. The molecule has 1 atom stereocenters. The summed E-state index contributed by atoms with van der Waals surface area (Å²) in [5.74, 6) is 0.0722. The zero-order chi connectivity index (χ0) is 20.1. The molecule has 3 nitrogen and oxygen atoms in total. The summed E-state index contributed by atoms with van der Waals surface area (Å²) < 4.78 is 52.2. The van der Waals surface area contributed by atoms with E-state index in [0.717, 1.165) is 12.1 Å². The highest BCUT2D eigenvalue weighted by atomic mass is 32.2. The van der Waals surface area contributed by atoms with E-state index in [1.165, 1.54) is 23.9 Å². The van der Waals surface area contributed by atoms with Gasteiger partial charge in [-0.2, -0.15) is 13.2 Å². The molecule has 1 aliphatic heterocycles. The first-order valence-electron chi connectivity index (χ1n) is 9.03. The number of nitrogens with zero attached hydrogens (tertiary/aromatic N) is 2. The van der Waals surface area contributed by atoms with E-state index in [1.54, 1.807) is 24.3 Å². The van der Waals surface area contributed by atoms with Crippen LogP contribution < -0.4 is 4.90 Å². The Kier molecular flexibility index (Phi) is 6.85. The predicted octanol–water partition coefficient (Wildman–Crippen LogP) is 4.12. The van der Waals surface area contributed by atoms with Crippen molar-refractivity contribution in [2.45, 2.75) is 17.2 Å². The second-order valence-corrected chi connectivity index (χ2v) is 7.82. The van der Waals surface area contributed by atoms with Crippen LogP contribution in [0.4, 0.5) is 23.2 Å². The molecule has 0 spiro atoms. The summed E-state index contributed by atoms with van der Waals surface area (Å²) in [5.41, 5.74) is -0.0981. The number of thioether (sulfide) groups is 1. The van der Waals surface area contributed by atoms with Crippen LogP contribution in [0, 0.1) is 5.82 Å². The monoisotopic (exact) mass is 414 g/mol. The standard InChI is InChI=1S/C20H22F4N2OS/c21-18-6-1-2-7-19(18)26-10-8-25(9-11-26)13-16(27)14-28-17-5-3-4-15(12-17)20(22,23)24/h1-7,12,16,27H,8-11,13-14H2. The maximum absolute atomic E-state index is 13.9. The van der Waals surface area contributed by atoms with Crippen molar-refractivity contribution >= 4 is 17.4 Å². The fourth-order valence-corrected chi connectivity index (χ4v) is 4.06. The summed E-state index contributed by atoms with van der Waals surface area (Å²) >= 11 is 1.21. The van der Waals surface area contributed by atoms with E-state index in [2.05, 4.69) is 4.90 Å². The average Bonchev–Trinajstić information content (AvgIpc) is 2.67. The molecule has 1 saturated heterocycles. The molecule has 0 amide bonds. The highest BCUT2D eigenvalue weighted by Gasteiger charge is 2.30. The molecule has 0 saturated carbocycles. The van der Waals surface area contributed by atoms with Crippen molar-refractivity contribution in [1.82, 2.24) is 4.90 Å². The smallest absolute Gasteiger partial charge is 0.391 e. The van der Waals surface area contributed by atoms with E-state index in [1.807, 2.05) is 4.90 Å². The molecule has 28 heavy (non-hydrogen) atoms. The molecule has 0 bridgehead atoms. The van der Waals surface area contributed by atoms with E-state index < -0.39 is 17.8 Å². The summed E-state index contributed by atoms with van der Waals surface area (Å²) in [4.78, 5) is 4.56. The van der Waals surface area contributed by atoms with Crippen molar-refractivity contribution in [1.29, 1.82) is 0 Å². The van der Waals surface area contributed by atoms with E-state index >= 15 is 0 Å². The summed E-state index contributed by atoms with van der Waals surface area (Å²) in [6.07, 6.45) is -5.02. The third-order valence-corrected chi connectivity index (χ3v) is 5.78. The van der Waals surface area contributed by atoms with E-state index in [9.17, 15) is 22.7 Å². The number of piperazine rings is 1. The Morgan fingerprint density at radius 2 is 1.71 bits per heavy atom. The van der Waals surface area contributed by atoms with Crippen LogP contribution in [-0.2, 0) is 6.18 Å². The number of aliphatic hydroxyl groups is 1. The van der Waals surface area contributed by atoms with Crippen molar-refractivity contribution in [2.24, 2.45) is 0 Å². The number of hydrogen-bond acceptors (Lipinski definition) is 4. The van der Waals surface area contributed by atoms with Crippen molar-refractivity contribution in [2.75, 3.05) is 43.4 Å². The molecule has 1 unspecified atom stereocenters. The number of alkyl halides is 3. The SMILES string of the molecule is OC(CSc1cccc(C(F)(F)F)c1)CN1CCN(c2ccccc2F)CC1. The number of anilines is 1. The molecule has 2 aromatic rings. The number of rotatable bonds is 6. The summed E-state index contributed by atoms with van der Waals surface area (Å²) in [7, 11) is 0. The van der Waals surface area contributed by atoms with Crippen LogP contribution in [0.2, 0.25) is 0 Å². The van der Waals surface area contributed by atoms with Crippen LogP contribution in [-0.4, -0.2) is 54.6 Å². The number of benzene rings is 2. The molecule has 0 aromatic heterocycles. The van der Waals surface area contributed by atoms with E-state index in [0.29, 0.717) is 49.1 Å². The third-order valence-electron chi connectivity index (χ3n) is 4.64. The van der Waals surface area contributed by atoms with Crippen LogP contribution in [0.1, 0.15) is 5.56 Å². The van der Waals surface area contributed by atoms with Crippen molar-refractivity contribution < 1.29 is 22.7 Å². The number of aliphatic hydroxyl groups excluding tert-OH is 1. The molecule has 2 aromatic carbocycles. The van der Waals surface area contributed by atoms with Gasteiger partial charge in [0.25, 0.3) is 0 Å². The maximum atomic E-state index is 13.9. The van der Waals surface area contributed by atoms with Crippen LogP contribution >= 0.6 is 11.8 Å². The maximum Gasteiger partial charge on any atom is 0.416 e. The minimum absolute atomic E-state index is 0.242. The van der Waals surface area contributed by atoms with Crippen LogP contribution in [0.3, 0.4) is 0 Å². The van der Waals surface area contributed by atoms with Crippen LogP contribution in [0.15, 0.2) is 53.4 Å². The fraction of sp³-hybridized carbons (Fsp3) is 0.400. The lowest BCUT2D eigenvalue weighted by Crippen LogP contribution is -2.49. The minimum Gasteiger partial charge on any atom is -0.391 e. The van der Waals surface area contributed by atoms with Gasteiger partial charge in [-0.05, 0) is 30.3 Å². The van der Waals surface area contributed by atoms with Crippen molar-refractivity contribution in [3.05, 3.63) is 59.9 Å². The quantitative estimate of drug-likeness (QED) is 0.568. The molecule has 1 aliphatic rings. The predicted molar refractivity (Wildman–Crippen MR) is 103 cm³/mol. The van der Waals surface area contributed by atoms with Gasteiger partial charge in [0.2, 0.25) is 0 Å². The van der Waals surface area contributed by atoms with Crippen LogP contribution in [0.25, 0.3) is 0 Å². The van der Waals surface area contributed by atoms with E-state index in [4.69, 9.17) is 0 Å². The van der Waals surface area contributed by atoms with Gasteiger partial charge in [-0.1, -0.05) is 18.2 Å². The number of halogens is 4. The first-order chi connectivity index (χ1) is 13.3. The van der Waals surface area contributed by atoms with Gasteiger partial charge in [0.1, 0.15) is 5.82 Å². The Balaban J connectivity index is 1.45. The van der Waals surface area contributed by atoms with Crippen LogP contribution in [0.5, 0.6) is 0 Å². The molecule has 152 valence electrons. The highest BCUT2D eigenvalue weighted by Crippen LogP contribution is 2.32. The molecule has 0 aliphatic carbocycles. The zero-order valence-electron chi connectivity index (χ0n) is 15.2. The first kappa shape index (κ1) is 21.0. The van der Waals surface area contributed by atoms with Gasteiger partial charge in [0.05, 0.1) is 17.4 Å². The Morgan fingerprint density at radius 3 is 2.39 bits per heavy atom. The highest BCUT2D eigenvalue weighted by molar-refractivity contribution is 7.99. The first-order valence-corrected chi connectivity index (χ1v) is 10.0. The number of para-hydroxylation sites is 1.